The zero-order valence-corrected chi connectivity index (χ0v) is 13.6. The fourth-order valence-electron chi connectivity index (χ4n) is 2.37. The van der Waals surface area contributed by atoms with Gasteiger partial charge in [-0.05, 0) is 36.3 Å². The molecule has 21 heavy (non-hydrogen) atoms. The molecule has 2 aromatic carbocycles. The molecular weight excluding hydrogens is 298 g/mol. The molecule has 0 N–H and O–H groups in total. The predicted octanol–water partition coefficient (Wildman–Crippen LogP) is 5.20. The van der Waals surface area contributed by atoms with Crippen LogP contribution in [0.4, 0.5) is 0 Å². The van der Waals surface area contributed by atoms with Gasteiger partial charge in [0, 0.05) is 28.9 Å². The molecule has 1 nitrogen and oxygen atoms in total. The third-order valence-electron chi connectivity index (χ3n) is 3.54. The lowest BCUT2D eigenvalue weighted by molar-refractivity contribution is 0.358. The molecule has 108 valence electrons. The van der Waals surface area contributed by atoms with E-state index in [9.17, 15) is 0 Å². The van der Waals surface area contributed by atoms with E-state index >= 15 is 0 Å². The number of nitrogens with zero attached hydrogens (tertiary/aromatic N) is 1. The highest BCUT2D eigenvalue weighted by atomic mass is 35.5. The molecule has 1 aliphatic rings. The summed E-state index contributed by atoms with van der Waals surface area (Å²) >= 11 is 7.84. The normalized spacial score (nSPS) is 17.5. The monoisotopic (exact) mass is 315 g/mol. The summed E-state index contributed by atoms with van der Waals surface area (Å²) in [5.74, 6) is 1.06. The first-order chi connectivity index (χ1) is 10.2. The summed E-state index contributed by atoms with van der Waals surface area (Å²) in [6.07, 6.45) is 2.26. The molecule has 0 aromatic heterocycles. The number of halogens is 1. The smallest absolute Gasteiger partial charge is 0.0496 e. The zero-order chi connectivity index (χ0) is 14.7. The number of rotatable bonds is 3. The summed E-state index contributed by atoms with van der Waals surface area (Å²) in [4.78, 5) is 3.89. The number of hydrogen-bond donors (Lipinski definition) is 0. The minimum absolute atomic E-state index is 0.789. The van der Waals surface area contributed by atoms with E-state index in [1.54, 1.807) is 0 Å². The molecule has 1 saturated heterocycles. The maximum Gasteiger partial charge on any atom is 0.0496 e. The average molecular weight is 316 g/mol. The molecule has 1 heterocycles. The number of benzene rings is 2. The van der Waals surface area contributed by atoms with Crippen LogP contribution in [-0.4, -0.2) is 17.3 Å². The zero-order valence-electron chi connectivity index (χ0n) is 12.1. The number of thioether (sulfide) groups is 1. The molecule has 0 unspecified atom stereocenters. The largest absolute Gasteiger partial charge is 0.285 e. The summed E-state index contributed by atoms with van der Waals surface area (Å²) in [6, 6.07) is 16.8. The van der Waals surface area contributed by atoms with Gasteiger partial charge in [-0.15, -0.1) is 11.8 Å². The van der Waals surface area contributed by atoms with E-state index in [1.165, 1.54) is 21.6 Å². The van der Waals surface area contributed by atoms with Crippen molar-refractivity contribution in [2.75, 3.05) is 12.4 Å². The molecule has 0 bridgehead atoms. The van der Waals surface area contributed by atoms with Crippen molar-refractivity contribution < 1.29 is 0 Å². The molecule has 1 aliphatic heterocycles. The van der Waals surface area contributed by atoms with Gasteiger partial charge in [0.15, 0.2) is 0 Å². The third kappa shape index (κ3) is 4.13. The van der Waals surface area contributed by atoms with Crippen molar-refractivity contribution in [2.24, 2.45) is 0 Å². The molecule has 0 radical (unpaired) electrons. The van der Waals surface area contributed by atoms with E-state index < -0.39 is 0 Å². The SMILES string of the molecule is Cc1ccc(CN2CSC(=Cc3ccc(Cl)cc3)C2)cc1. The van der Waals surface area contributed by atoms with Crippen LogP contribution in [0.1, 0.15) is 16.7 Å². The van der Waals surface area contributed by atoms with Crippen LogP contribution in [-0.2, 0) is 6.54 Å². The van der Waals surface area contributed by atoms with Gasteiger partial charge in [0.1, 0.15) is 0 Å². The Balaban J connectivity index is 1.62. The van der Waals surface area contributed by atoms with Crippen LogP contribution in [0.25, 0.3) is 6.08 Å². The second-order valence-corrected chi connectivity index (χ2v) is 6.92. The molecule has 0 atom stereocenters. The van der Waals surface area contributed by atoms with Gasteiger partial charge in [-0.2, -0.15) is 0 Å². The van der Waals surface area contributed by atoms with Crippen LogP contribution in [0, 0.1) is 6.92 Å². The van der Waals surface area contributed by atoms with Gasteiger partial charge in [-0.1, -0.05) is 53.6 Å². The first-order valence-corrected chi connectivity index (χ1v) is 8.42. The first-order valence-electron chi connectivity index (χ1n) is 7.06. The fraction of sp³-hybridized carbons (Fsp3) is 0.222. The minimum atomic E-state index is 0.789. The predicted molar refractivity (Wildman–Crippen MR) is 93.5 cm³/mol. The molecule has 0 spiro atoms. The lowest BCUT2D eigenvalue weighted by Gasteiger charge is -2.13. The topological polar surface area (TPSA) is 3.24 Å². The molecule has 2 aromatic rings. The lowest BCUT2D eigenvalue weighted by atomic mass is 10.1. The van der Waals surface area contributed by atoms with Crippen LogP contribution in [0.5, 0.6) is 0 Å². The highest BCUT2D eigenvalue weighted by Gasteiger charge is 2.17. The van der Waals surface area contributed by atoms with Gasteiger partial charge in [-0.3, -0.25) is 4.90 Å². The Morgan fingerprint density at radius 1 is 1.10 bits per heavy atom. The Morgan fingerprint density at radius 2 is 1.81 bits per heavy atom. The summed E-state index contributed by atoms with van der Waals surface area (Å²) < 4.78 is 0. The average Bonchev–Trinajstić information content (AvgIpc) is 2.91. The van der Waals surface area contributed by atoms with Gasteiger partial charge in [0.2, 0.25) is 0 Å². The Hall–Kier alpha value is -1.22. The molecule has 0 amide bonds. The van der Waals surface area contributed by atoms with E-state index in [0.29, 0.717) is 0 Å². The highest BCUT2D eigenvalue weighted by molar-refractivity contribution is 8.03. The Bertz CT molecular complexity index is 631. The fourth-order valence-corrected chi connectivity index (χ4v) is 3.52. The van der Waals surface area contributed by atoms with Crippen molar-refractivity contribution in [1.29, 1.82) is 0 Å². The minimum Gasteiger partial charge on any atom is -0.285 e. The van der Waals surface area contributed by atoms with Crippen molar-refractivity contribution >= 4 is 29.4 Å². The van der Waals surface area contributed by atoms with E-state index in [1.807, 2.05) is 23.9 Å². The molecular formula is C18H18ClNS. The maximum absolute atomic E-state index is 5.92. The van der Waals surface area contributed by atoms with E-state index in [-0.39, 0.29) is 0 Å². The van der Waals surface area contributed by atoms with Crippen molar-refractivity contribution in [2.45, 2.75) is 13.5 Å². The Labute approximate surface area is 135 Å². The van der Waals surface area contributed by atoms with Gasteiger partial charge >= 0.3 is 0 Å². The first kappa shape index (κ1) is 14.7. The summed E-state index contributed by atoms with van der Waals surface area (Å²) in [5, 5.41) is 0.789. The van der Waals surface area contributed by atoms with E-state index in [0.717, 1.165) is 24.0 Å². The van der Waals surface area contributed by atoms with Gasteiger partial charge < -0.3 is 0 Å². The Kier molecular flexibility index (Phi) is 4.69. The number of hydrogen-bond acceptors (Lipinski definition) is 2. The highest BCUT2D eigenvalue weighted by Crippen LogP contribution is 2.29. The van der Waals surface area contributed by atoms with Crippen LogP contribution in [0.3, 0.4) is 0 Å². The third-order valence-corrected chi connectivity index (χ3v) is 4.90. The van der Waals surface area contributed by atoms with Crippen molar-refractivity contribution in [1.82, 2.24) is 4.90 Å². The number of aryl methyl sites for hydroxylation is 1. The van der Waals surface area contributed by atoms with Crippen LogP contribution in [0.2, 0.25) is 5.02 Å². The van der Waals surface area contributed by atoms with Crippen LogP contribution in [0.15, 0.2) is 53.4 Å². The van der Waals surface area contributed by atoms with Gasteiger partial charge in [0.25, 0.3) is 0 Å². The second-order valence-electron chi connectivity index (χ2n) is 5.41. The van der Waals surface area contributed by atoms with E-state index in [4.69, 9.17) is 11.6 Å². The molecule has 1 fully saturated rings. The Morgan fingerprint density at radius 3 is 2.52 bits per heavy atom. The molecule has 0 aliphatic carbocycles. The van der Waals surface area contributed by atoms with Gasteiger partial charge in [0.05, 0.1) is 0 Å². The summed E-state index contributed by atoms with van der Waals surface area (Å²) in [6.45, 7) is 4.18. The maximum atomic E-state index is 5.92. The lowest BCUT2D eigenvalue weighted by Crippen LogP contribution is -2.18. The summed E-state index contributed by atoms with van der Waals surface area (Å²) in [7, 11) is 0. The summed E-state index contributed by atoms with van der Waals surface area (Å²) in [5.41, 5.74) is 3.92. The van der Waals surface area contributed by atoms with Crippen molar-refractivity contribution in [3.8, 4) is 0 Å². The standard InChI is InChI=1S/C18H18ClNS/c1-14-2-4-16(5-3-14)11-20-12-18(21-13-20)10-15-6-8-17(19)9-7-15/h2-10H,11-13H2,1H3. The van der Waals surface area contributed by atoms with Crippen molar-refractivity contribution in [3.63, 3.8) is 0 Å². The van der Waals surface area contributed by atoms with Crippen LogP contribution >= 0.6 is 23.4 Å². The van der Waals surface area contributed by atoms with E-state index in [2.05, 4.69) is 54.3 Å². The van der Waals surface area contributed by atoms with Gasteiger partial charge in [-0.25, -0.2) is 0 Å². The molecule has 3 heteroatoms. The molecule has 3 rings (SSSR count). The van der Waals surface area contributed by atoms with Crippen molar-refractivity contribution in [3.05, 3.63) is 75.1 Å². The quantitative estimate of drug-likeness (QED) is 0.766. The molecule has 0 saturated carbocycles. The van der Waals surface area contributed by atoms with Crippen LogP contribution < -0.4 is 0 Å². The second kappa shape index (κ2) is 6.69.